The molecule has 1 aliphatic heterocycles. The number of carbonyl (C=O) groups excluding carboxylic acids is 2. The highest BCUT2D eigenvalue weighted by Crippen LogP contribution is 2.08. The number of carbonyl (C=O) groups is 2. The lowest BCUT2D eigenvalue weighted by Gasteiger charge is -1.94. The summed E-state index contributed by atoms with van der Waals surface area (Å²) in [5.74, 6) is -0.865. The van der Waals surface area contributed by atoms with Crippen LogP contribution < -0.4 is 0 Å². The molecule has 0 aromatic heterocycles. The molecule has 0 saturated carbocycles. The van der Waals surface area contributed by atoms with E-state index in [9.17, 15) is 9.59 Å². The van der Waals surface area contributed by atoms with Crippen LogP contribution in [-0.2, 0) is 23.8 Å². The van der Waals surface area contributed by atoms with E-state index in [0.29, 0.717) is 13.2 Å². The number of rotatable bonds is 6. The molecule has 1 aliphatic rings. The van der Waals surface area contributed by atoms with Gasteiger partial charge in [0, 0.05) is 12.2 Å². The first-order valence-corrected chi connectivity index (χ1v) is 5.21. The minimum absolute atomic E-state index is 0.147. The summed E-state index contributed by atoms with van der Waals surface area (Å²) in [5.41, 5.74) is 0. The molecule has 18 heavy (non-hydrogen) atoms. The van der Waals surface area contributed by atoms with Gasteiger partial charge in [-0.05, 0) is 0 Å². The maximum Gasteiger partial charge on any atom is 0.330 e. The van der Waals surface area contributed by atoms with Gasteiger partial charge in [0.25, 0.3) is 0 Å². The smallest absolute Gasteiger partial charge is 0.330 e. The Labute approximate surface area is 105 Å². The van der Waals surface area contributed by atoms with Crippen molar-refractivity contribution in [3.8, 4) is 6.07 Å². The van der Waals surface area contributed by atoms with Gasteiger partial charge in [0.1, 0.15) is 19.3 Å². The van der Waals surface area contributed by atoms with Crippen LogP contribution in [0.15, 0.2) is 25.3 Å². The second-order valence-corrected chi connectivity index (χ2v) is 3.07. The van der Waals surface area contributed by atoms with Crippen LogP contribution in [0.3, 0.4) is 0 Å². The molecule has 1 unspecified atom stereocenters. The van der Waals surface area contributed by atoms with E-state index in [1.54, 1.807) is 0 Å². The zero-order valence-electron chi connectivity index (χ0n) is 9.96. The maximum atomic E-state index is 10.3. The molecule has 1 fully saturated rings. The quantitative estimate of drug-likeness (QED) is 0.300. The van der Waals surface area contributed by atoms with Crippen molar-refractivity contribution in [3.63, 3.8) is 0 Å². The molecule has 1 heterocycles. The van der Waals surface area contributed by atoms with Crippen molar-refractivity contribution in [1.82, 2.24) is 0 Å². The van der Waals surface area contributed by atoms with Crippen molar-refractivity contribution < 1.29 is 23.8 Å². The lowest BCUT2D eigenvalue weighted by molar-refractivity contribution is -0.138. The molecule has 0 aromatic rings. The van der Waals surface area contributed by atoms with E-state index in [-0.39, 0.29) is 25.1 Å². The van der Waals surface area contributed by atoms with E-state index in [1.807, 2.05) is 6.07 Å². The summed E-state index contributed by atoms with van der Waals surface area (Å²) in [6, 6.07) is 1.84. The summed E-state index contributed by atoms with van der Waals surface area (Å²) in [6.45, 7) is 7.66. The lowest BCUT2D eigenvalue weighted by Crippen LogP contribution is -2.06. The molecule has 0 radical (unpaired) electrons. The van der Waals surface area contributed by atoms with Gasteiger partial charge in [-0.1, -0.05) is 13.2 Å². The lowest BCUT2D eigenvalue weighted by atomic mass is 10.5. The highest BCUT2D eigenvalue weighted by atomic mass is 16.6. The predicted octanol–water partition coefficient (Wildman–Crippen LogP) is 0.744. The fourth-order valence-electron chi connectivity index (χ4n) is 0.654. The Bertz CT molecular complexity index is 341. The molecule has 0 spiro atoms. The fraction of sp³-hybridized carbons (Fsp3) is 0.417. The van der Waals surface area contributed by atoms with E-state index >= 15 is 0 Å². The molecule has 6 nitrogen and oxygen atoms in total. The first-order chi connectivity index (χ1) is 8.63. The van der Waals surface area contributed by atoms with E-state index in [1.165, 1.54) is 0 Å². The van der Waals surface area contributed by atoms with Gasteiger partial charge in [0.15, 0.2) is 0 Å². The average molecular weight is 253 g/mol. The minimum Gasteiger partial charge on any atom is -0.461 e. The molecule has 0 amide bonds. The van der Waals surface area contributed by atoms with Crippen molar-refractivity contribution >= 4 is 11.9 Å². The van der Waals surface area contributed by atoms with E-state index < -0.39 is 5.97 Å². The summed E-state index contributed by atoms with van der Waals surface area (Å²) >= 11 is 0. The van der Waals surface area contributed by atoms with Crippen molar-refractivity contribution in [2.75, 3.05) is 19.8 Å². The summed E-state index contributed by atoms with van der Waals surface area (Å²) in [4.78, 5) is 20.6. The van der Waals surface area contributed by atoms with Gasteiger partial charge in [-0.15, -0.1) is 0 Å². The average Bonchev–Trinajstić information content (AvgIpc) is 3.20. The SMILES string of the molecule is C=CC(=O)OCC1CO1.C=CC(=O)OCCC#N. The second kappa shape index (κ2) is 10.1. The second-order valence-electron chi connectivity index (χ2n) is 3.07. The minimum atomic E-state index is -0.481. The highest BCUT2D eigenvalue weighted by molar-refractivity contribution is 5.81. The number of hydrogen-bond acceptors (Lipinski definition) is 6. The zero-order chi connectivity index (χ0) is 13.8. The normalized spacial score (nSPS) is 15.2. The molecule has 1 saturated heterocycles. The van der Waals surface area contributed by atoms with Crippen molar-refractivity contribution in [2.24, 2.45) is 0 Å². The maximum absolute atomic E-state index is 10.3. The van der Waals surface area contributed by atoms with Gasteiger partial charge in [0.2, 0.25) is 0 Å². The molecule has 0 aliphatic carbocycles. The van der Waals surface area contributed by atoms with E-state index in [0.717, 1.165) is 12.2 Å². The largest absolute Gasteiger partial charge is 0.461 e. The van der Waals surface area contributed by atoms with Crippen LogP contribution >= 0.6 is 0 Å². The number of nitrogens with zero attached hydrogens (tertiary/aromatic N) is 1. The third kappa shape index (κ3) is 10.4. The van der Waals surface area contributed by atoms with Crippen LogP contribution in [0.2, 0.25) is 0 Å². The number of hydrogen-bond donors (Lipinski definition) is 0. The molecule has 98 valence electrons. The topological polar surface area (TPSA) is 88.9 Å². The van der Waals surface area contributed by atoms with Gasteiger partial charge in [0.05, 0.1) is 19.1 Å². The number of ether oxygens (including phenoxy) is 3. The summed E-state index contributed by atoms with van der Waals surface area (Å²) in [5, 5.41) is 7.98. The van der Waals surface area contributed by atoms with Crippen LogP contribution in [-0.4, -0.2) is 37.9 Å². The molecule has 0 aromatic carbocycles. The third-order valence-electron chi connectivity index (χ3n) is 1.61. The Morgan fingerprint density at radius 2 is 1.89 bits per heavy atom. The Kier molecular flexibility index (Phi) is 8.86. The van der Waals surface area contributed by atoms with Crippen molar-refractivity contribution in [3.05, 3.63) is 25.3 Å². The first-order valence-electron chi connectivity index (χ1n) is 5.21. The van der Waals surface area contributed by atoms with Crippen LogP contribution in [0, 0.1) is 11.3 Å². The summed E-state index contributed by atoms with van der Waals surface area (Å²) in [6.07, 6.45) is 2.59. The summed E-state index contributed by atoms with van der Waals surface area (Å²) < 4.78 is 13.9. The Morgan fingerprint density at radius 3 is 2.33 bits per heavy atom. The number of epoxide rings is 1. The van der Waals surface area contributed by atoms with Crippen molar-refractivity contribution in [2.45, 2.75) is 12.5 Å². The monoisotopic (exact) mass is 253 g/mol. The molecule has 6 heteroatoms. The zero-order valence-corrected chi connectivity index (χ0v) is 9.96. The predicted molar refractivity (Wildman–Crippen MR) is 62.3 cm³/mol. The van der Waals surface area contributed by atoms with Crippen LogP contribution in [0.25, 0.3) is 0 Å². The molecule has 0 N–H and O–H groups in total. The van der Waals surface area contributed by atoms with Crippen LogP contribution in [0.1, 0.15) is 6.42 Å². The van der Waals surface area contributed by atoms with Gasteiger partial charge in [-0.3, -0.25) is 0 Å². The third-order valence-corrected chi connectivity index (χ3v) is 1.61. The van der Waals surface area contributed by atoms with E-state index in [4.69, 9.17) is 10.00 Å². The van der Waals surface area contributed by atoms with Crippen molar-refractivity contribution in [1.29, 1.82) is 5.26 Å². The highest BCUT2D eigenvalue weighted by Gasteiger charge is 2.23. The van der Waals surface area contributed by atoms with E-state index in [2.05, 4.69) is 22.6 Å². The van der Waals surface area contributed by atoms with Crippen LogP contribution in [0.4, 0.5) is 0 Å². The Balaban J connectivity index is 0.000000321. The standard InChI is InChI=1S/C6H7NO2.C6H8O3/c1-2-6(8)9-5-3-4-7;1-2-6(7)9-4-5-3-8-5/h2H,1,3,5H2;2,5H,1,3-4H2. The molecular formula is C12H15NO5. The molecule has 0 bridgehead atoms. The van der Waals surface area contributed by atoms with Crippen LogP contribution in [0.5, 0.6) is 0 Å². The van der Waals surface area contributed by atoms with Gasteiger partial charge in [-0.25, -0.2) is 9.59 Å². The van der Waals surface area contributed by atoms with Gasteiger partial charge < -0.3 is 14.2 Å². The Morgan fingerprint density at radius 1 is 1.33 bits per heavy atom. The number of nitriles is 1. The molecule has 1 atom stereocenters. The first kappa shape index (κ1) is 15.9. The summed E-state index contributed by atoms with van der Waals surface area (Å²) in [7, 11) is 0. The molecule has 1 rings (SSSR count). The fourth-order valence-corrected chi connectivity index (χ4v) is 0.654. The number of esters is 2. The molecular weight excluding hydrogens is 238 g/mol. The van der Waals surface area contributed by atoms with Gasteiger partial charge >= 0.3 is 11.9 Å². The Hall–Kier alpha value is -2.13. The van der Waals surface area contributed by atoms with Gasteiger partial charge in [-0.2, -0.15) is 5.26 Å².